The number of carbonyl (C=O) groups is 1. The third-order valence-electron chi connectivity index (χ3n) is 7.49. The Hall–Kier alpha value is -1.81. The Kier molecular flexibility index (Phi) is 3.01. The Bertz CT molecular complexity index is 897. The predicted molar refractivity (Wildman–Crippen MR) is 97.9 cm³/mol. The molecule has 3 aliphatic rings. The number of carbonyl (C=O) groups excluding carboxylic acids is 1. The second-order valence-electron chi connectivity index (χ2n) is 8.76. The monoisotopic (exact) mass is 338 g/mol. The van der Waals surface area contributed by atoms with Gasteiger partial charge in [0.1, 0.15) is 5.75 Å². The first-order valence-corrected chi connectivity index (χ1v) is 9.59. The number of aromatic hydroxyl groups is 1. The van der Waals surface area contributed by atoms with Gasteiger partial charge < -0.3 is 10.8 Å². The first kappa shape index (κ1) is 15.4. The highest BCUT2D eigenvalue weighted by Crippen LogP contribution is 2.62. The van der Waals surface area contributed by atoms with Gasteiger partial charge in [-0.1, -0.05) is 20.3 Å². The molecule has 1 aromatic heterocycles. The summed E-state index contributed by atoms with van der Waals surface area (Å²) in [7, 11) is 0. The van der Waals surface area contributed by atoms with Crippen molar-refractivity contribution < 1.29 is 9.90 Å². The lowest BCUT2D eigenvalue weighted by molar-refractivity contribution is 0.00566. The number of fused-ring (bicyclic) bond motifs is 3. The molecule has 1 saturated carbocycles. The number of aromatic nitrogens is 1. The van der Waals surface area contributed by atoms with Gasteiger partial charge in [0.15, 0.2) is 0 Å². The molecule has 2 aliphatic carbocycles. The van der Waals surface area contributed by atoms with Crippen molar-refractivity contribution in [3.05, 3.63) is 29.5 Å². The highest BCUT2D eigenvalue weighted by Gasteiger charge is 2.57. The van der Waals surface area contributed by atoms with E-state index in [1.165, 1.54) is 24.1 Å². The van der Waals surface area contributed by atoms with Crippen molar-refractivity contribution in [2.24, 2.45) is 23.0 Å². The summed E-state index contributed by atoms with van der Waals surface area (Å²) in [6, 6.07) is 5.54. The molecule has 1 aromatic carbocycles. The van der Waals surface area contributed by atoms with Crippen LogP contribution >= 0.6 is 0 Å². The molecule has 2 aromatic rings. The smallest absolute Gasteiger partial charge is 0.231 e. The second-order valence-corrected chi connectivity index (χ2v) is 8.76. The molecule has 1 aliphatic heterocycles. The van der Waals surface area contributed by atoms with Crippen LogP contribution < -0.4 is 5.73 Å². The zero-order chi connectivity index (χ0) is 17.5. The lowest BCUT2D eigenvalue weighted by atomic mass is 9.50. The molecule has 4 nitrogen and oxygen atoms in total. The summed E-state index contributed by atoms with van der Waals surface area (Å²) in [5.74, 6) is 1.77. The van der Waals surface area contributed by atoms with Gasteiger partial charge in [-0.2, -0.15) is 0 Å². The van der Waals surface area contributed by atoms with Crippen LogP contribution in [-0.2, 0) is 6.42 Å². The maximum atomic E-state index is 13.2. The number of hydrogen-bond acceptors (Lipinski definition) is 3. The minimum atomic E-state index is 0.0409. The van der Waals surface area contributed by atoms with E-state index < -0.39 is 0 Å². The minimum absolute atomic E-state index is 0.0409. The normalized spacial score (nSPS) is 33.8. The maximum Gasteiger partial charge on any atom is 0.231 e. The topological polar surface area (TPSA) is 68.2 Å². The van der Waals surface area contributed by atoms with Crippen LogP contribution in [0.5, 0.6) is 5.75 Å². The van der Waals surface area contributed by atoms with Crippen molar-refractivity contribution in [3.8, 4) is 5.75 Å². The fraction of sp³-hybridized carbons (Fsp3) is 0.571. The van der Waals surface area contributed by atoms with Gasteiger partial charge >= 0.3 is 0 Å². The predicted octanol–water partition coefficient (Wildman–Crippen LogP) is 3.80. The summed E-state index contributed by atoms with van der Waals surface area (Å²) in [6.07, 6.45) is 4.90. The molecule has 3 N–H and O–H groups in total. The van der Waals surface area contributed by atoms with Gasteiger partial charge in [0.2, 0.25) is 5.91 Å². The molecule has 0 radical (unpaired) electrons. The van der Waals surface area contributed by atoms with Crippen LogP contribution in [0.25, 0.3) is 10.9 Å². The van der Waals surface area contributed by atoms with Crippen molar-refractivity contribution in [2.75, 3.05) is 0 Å². The Morgan fingerprint density at radius 3 is 2.92 bits per heavy atom. The Morgan fingerprint density at radius 1 is 1.36 bits per heavy atom. The molecule has 0 bridgehead atoms. The lowest BCUT2D eigenvalue weighted by Gasteiger charge is -2.56. The largest absolute Gasteiger partial charge is 0.508 e. The molecule has 0 saturated heterocycles. The van der Waals surface area contributed by atoms with Gasteiger partial charge in [-0.25, -0.2) is 0 Å². The average molecular weight is 338 g/mol. The Balaban J connectivity index is 1.88. The molecule has 132 valence electrons. The number of hydrogen-bond donors (Lipinski definition) is 2. The van der Waals surface area contributed by atoms with Gasteiger partial charge in [0.05, 0.1) is 5.52 Å². The van der Waals surface area contributed by atoms with E-state index in [9.17, 15) is 9.90 Å². The number of nitrogens with zero attached hydrogens (tertiary/aromatic N) is 1. The molecule has 0 spiro atoms. The first-order valence-electron chi connectivity index (χ1n) is 9.59. The number of benzene rings is 1. The molecule has 0 amide bonds. The summed E-state index contributed by atoms with van der Waals surface area (Å²) >= 11 is 0. The van der Waals surface area contributed by atoms with Crippen molar-refractivity contribution in [2.45, 2.75) is 57.9 Å². The SMILES string of the molecule is CC(C)[C@@]12CCC[C@H]3[C@H](N)Cc4c(n(c5ccc(O)cc45)C(=O)C1)[C@H]32. The van der Waals surface area contributed by atoms with Crippen molar-refractivity contribution in [3.63, 3.8) is 0 Å². The summed E-state index contributed by atoms with van der Waals surface area (Å²) in [5.41, 5.74) is 10.1. The Morgan fingerprint density at radius 2 is 2.16 bits per heavy atom. The quantitative estimate of drug-likeness (QED) is 0.831. The molecule has 2 heterocycles. The van der Waals surface area contributed by atoms with Crippen LogP contribution in [0.4, 0.5) is 0 Å². The van der Waals surface area contributed by atoms with Crippen molar-refractivity contribution >= 4 is 16.8 Å². The summed E-state index contributed by atoms with van der Waals surface area (Å²) < 4.78 is 1.97. The fourth-order valence-electron chi connectivity index (χ4n) is 6.32. The number of nitrogens with two attached hydrogens (primary N) is 1. The van der Waals surface area contributed by atoms with Crippen molar-refractivity contribution in [1.29, 1.82) is 0 Å². The van der Waals surface area contributed by atoms with E-state index >= 15 is 0 Å². The highest BCUT2D eigenvalue weighted by atomic mass is 16.3. The third-order valence-corrected chi connectivity index (χ3v) is 7.49. The minimum Gasteiger partial charge on any atom is -0.508 e. The van der Waals surface area contributed by atoms with E-state index in [0.29, 0.717) is 24.2 Å². The van der Waals surface area contributed by atoms with Gasteiger partial charge in [0, 0.05) is 29.5 Å². The molecule has 4 heteroatoms. The fourth-order valence-corrected chi connectivity index (χ4v) is 6.32. The average Bonchev–Trinajstić information content (AvgIpc) is 2.89. The number of phenols is 1. The molecular formula is C21H26N2O2. The molecule has 5 rings (SSSR count). The molecule has 1 fully saturated rings. The van der Waals surface area contributed by atoms with E-state index in [4.69, 9.17) is 5.73 Å². The van der Waals surface area contributed by atoms with Crippen LogP contribution in [0, 0.1) is 17.3 Å². The number of phenolic OH excluding ortho intramolecular Hbond substituents is 1. The molecular weight excluding hydrogens is 312 g/mol. The lowest BCUT2D eigenvalue weighted by Crippen LogP contribution is -2.54. The van der Waals surface area contributed by atoms with Crippen LogP contribution in [0.2, 0.25) is 0 Å². The second kappa shape index (κ2) is 4.88. The van der Waals surface area contributed by atoms with Crippen LogP contribution in [0.1, 0.15) is 61.5 Å². The van der Waals surface area contributed by atoms with Gasteiger partial charge in [0.25, 0.3) is 0 Å². The Labute approximate surface area is 148 Å². The zero-order valence-corrected chi connectivity index (χ0v) is 15.0. The van der Waals surface area contributed by atoms with Gasteiger partial charge in [-0.15, -0.1) is 0 Å². The molecule has 25 heavy (non-hydrogen) atoms. The van der Waals surface area contributed by atoms with Crippen LogP contribution in [0.15, 0.2) is 18.2 Å². The summed E-state index contributed by atoms with van der Waals surface area (Å²) in [4.78, 5) is 13.2. The highest BCUT2D eigenvalue weighted by molar-refractivity contribution is 5.98. The van der Waals surface area contributed by atoms with Crippen molar-refractivity contribution in [1.82, 2.24) is 4.57 Å². The third kappa shape index (κ3) is 1.78. The van der Waals surface area contributed by atoms with Gasteiger partial charge in [-0.3, -0.25) is 9.36 Å². The van der Waals surface area contributed by atoms with E-state index in [0.717, 1.165) is 23.7 Å². The van der Waals surface area contributed by atoms with E-state index in [2.05, 4.69) is 13.8 Å². The van der Waals surface area contributed by atoms with Crippen LogP contribution in [0.3, 0.4) is 0 Å². The van der Waals surface area contributed by atoms with Crippen LogP contribution in [-0.4, -0.2) is 21.6 Å². The first-order chi connectivity index (χ1) is 11.9. The molecule has 4 atom stereocenters. The summed E-state index contributed by atoms with van der Waals surface area (Å²) in [6.45, 7) is 4.55. The van der Waals surface area contributed by atoms with E-state index in [1.807, 2.05) is 16.7 Å². The maximum absolute atomic E-state index is 13.2. The molecule has 0 unspecified atom stereocenters. The van der Waals surface area contributed by atoms with Gasteiger partial charge in [-0.05, 0) is 60.3 Å². The zero-order valence-electron chi connectivity index (χ0n) is 15.0. The standard InChI is InChI=1S/C21H26N2O2/c1-11(2)21-7-3-4-13-16(22)9-15-14-8-12(24)5-6-17(14)23(18(25)10-21)20(15)19(13)21/h5-6,8,11,13,16,19,24H,3-4,7,9-10,22H2,1-2H3/t13-,16+,19-,21+/m0/s1. The van der Waals surface area contributed by atoms with E-state index in [1.54, 1.807) is 6.07 Å². The number of rotatable bonds is 1. The van der Waals surface area contributed by atoms with E-state index in [-0.39, 0.29) is 23.1 Å². The summed E-state index contributed by atoms with van der Waals surface area (Å²) in [5, 5.41) is 11.0.